The summed E-state index contributed by atoms with van der Waals surface area (Å²) in [5, 5.41) is 13.6. The van der Waals surface area contributed by atoms with E-state index in [0.717, 1.165) is 4.90 Å². The van der Waals surface area contributed by atoms with Crippen molar-refractivity contribution in [3.63, 3.8) is 0 Å². The lowest BCUT2D eigenvalue weighted by molar-refractivity contribution is -0.130. The number of nitrogens with zero attached hydrogens (tertiary/aromatic N) is 3. The van der Waals surface area contributed by atoms with Crippen molar-refractivity contribution in [3.8, 4) is 5.75 Å². The molecule has 0 bridgehead atoms. The molecule has 0 aliphatic carbocycles. The van der Waals surface area contributed by atoms with E-state index in [0.29, 0.717) is 33.5 Å². The summed E-state index contributed by atoms with van der Waals surface area (Å²) in [6.07, 6.45) is -0.709. The number of methoxy groups -OCH3 is 1. The van der Waals surface area contributed by atoms with Crippen LogP contribution in [0.25, 0.3) is 10.8 Å². The smallest absolute Gasteiger partial charge is 0.410 e. The van der Waals surface area contributed by atoms with Gasteiger partial charge in [-0.15, -0.1) is 0 Å². The zero-order valence-electron chi connectivity index (χ0n) is 27.4. The topological polar surface area (TPSA) is 172 Å². The molecule has 0 aromatic heterocycles. The van der Waals surface area contributed by atoms with Crippen LogP contribution in [0.15, 0.2) is 54.6 Å². The molecule has 1 unspecified atom stereocenters. The van der Waals surface area contributed by atoms with Gasteiger partial charge >= 0.3 is 12.1 Å². The Balaban J connectivity index is 1.78. The molecule has 0 saturated carbocycles. The van der Waals surface area contributed by atoms with Crippen LogP contribution in [0, 0.1) is 0 Å². The van der Waals surface area contributed by atoms with Crippen molar-refractivity contribution in [2.75, 3.05) is 37.0 Å². The van der Waals surface area contributed by atoms with Gasteiger partial charge < -0.3 is 35.4 Å². The van der Waals surface area contributed by atoms with Crippen LogP contribution in [0.5, 0.6) is 5.75 Å². The van der Waals surface area contributed by atoms with Gasteiger partial charge in [-0.25, -0.2) is 9.59 Å². The Morgan fingerprint density at radius 3 is 2.38 bits per heavy atom. The first kappa shape index (κ1) is 34.7. The molecule has 4 N–H and O–H groups in total. The number of aromatic carboxylic acids is 1. The molecule has 47 heavy (non-hydrogen) atoms. The van der Waals surface area contributed by atoms with Crippen LogP contribution >= 0.6 is 0 Å². The number of carboxylic acids is 1. The highest BCUT2D eigenvalue weighted by atomic mass is 16.6. The number of ether oxygens (including phenoxy) is 2. The molecule has 4 rings (SSSR count). The Hall–Kier alpha value is -5.17. The van der Waals surface area contributed by atoms with Gasteiger partial charge in [0.15, 0.2) is 0 Å². The number of nitrogens with one attached hydrogen (secondary N) is 1. The Morgan fingerprint density at radius 1 is 1.09 bits per heavy atom. The molecule has 0 radical (unpaired) electrons. The predicted molar refractivity (Wildman–Crippen MR) is 177 cm³/mol. The minimum atomic E-state index is -1.22. The second-order valence-electron chi connectivity index (χ2n) is 12.3. The fourth-order valence-corrected chi connectivity index (χ4v) is 5.33. The average molecular weight is 648 g/mol. The normalized spacial score (nSPS) is 15.4. The van der Waals surface area contributed by atoms with Crippen LogP contribution in [0.2, 0.25) is 0 Å². The molecule has 1 heterocycles. The molecular formula is C34H41N5O8. The van der Waals surface area contributed by atoms with Crippen molar-refractivity contribution >= 4 is 51.9 Å². The number of carbonyl (C=O) groups excluding carboxylic acids is 4. The largest absolute Gasteiger partial charge is 0.496 e. The van der Waals surface area contributed by atoms with Crippen molar-refractivity contribution in [1.29, 1.82) is 0 Å². The summed E-state index contributed by atoms with van der Waals surface area (Å²) in [7, 11) is 2.92. The van der Waals surface area contributed by atoms with Crippen LogP contribution in [-0.2, 0) is 25.7 Å². The lowest BCUT2D eigenvalue weighted by Gasteiger charge is -2.30. The maximum atomic E-state index is 14.5. The zero-order valence-corrected chi connectivity index (χ0v) is 27.4. The summed E-state index contributed by atoms with van der Waals surface area (Å²) in [6, 6.07) is 12.8. The van der Waals surface area contributed by atoms with E-state index in [-0.39, 0.29) is 37.5 Å². The average Bonchev–Trinajstić information content (AvgIpc) is 3.13. The standard InChI is InChI=1S/C34H41N5O8/c1-20(37(5)33(45)47-34(2,3)4)30(41)36-25-19-38(29(40)15-16-35)26-9-7-8-10-27(26)39(31(25)42)18-24-23-13-11-22(32(43)44)17-21(23)12-14-28(24)46-6/h7-14,17,20,25H,15-16,18-19,35H2,1-6H3,(H,36,41)(H,43,44)/t20?,25-/m0/s1. The van der Waals surface area contributed by atoms with Gasteiger partial charge in [-0.1, -0.05) is 24.3 Å². The zero-order chi connectivity index (χ0) is 34.6. The molecule has 0 saturated heterocycles. The third-order valence-electron chi connectivity index (χ3n) is 7.88. The maximum absolute atomic E-state index is 14.5. The van der Waals surface area contributed by atoms with Gasteiger partial charge in [-0.2, -0.15) is 0 Å². The van der Waals surface area contributed by atoms with Crippen LogP contribution in [-0.4, -0.2) is 84.7 Å². The molecule has 3 aromatic carbocycles. The molecule has 13 heteroatoms. The van der Waals surface area contributed by atoms with Crippen LogP contribution < -0.4 is 25.6 Å². The number of nitrogens with two attached hydrogens (primary N) is 1. The summed E-state index contributed by atoms with van der Waals surface area (Å²) < 4.78 is 11.1. The summed E-state index contributed by atoms with van der Waals surface area (Å²) in [5.41, 5.74) is 6.51. The van der Waals surface area contributed by atoms with E-state index in [1.54, 1.807) is 63.2 Å². The second-order valence-corrected chi connectivity index (χ2v) is 12.3. The lowest BCUT2D eigenvalue weighted by Crippen LogP contribution is -2.57. The van der Waals surface area contributed by atoms with Gasteiger partial charge in [0.05, 0.1) is 37.1 Å². The Labute approximate surface area is 273 Å². The summed E-state index contributed by atoms with van der Waals surface area (Å²) in [5.74, 6) is -2.09. The van der Waals surface area contributed by atoms with Gasteiger partial charge in [0.25, 0.3) is 5.91 Å². The number of hydrogen-bond donors (Lipinski definition) is 3. The van der Waals surface area contributed by atoms with E-state index in [1.807, 2.05) is 0 Å². The third kappa shape index (κ3) is 7.63. The van der Waals surface area contributed by atoms with E-state index in [9.17, 15) is 29.1 Å². The molecule has 1 aliphatic heterocycles. The number of benzene rings is 3. The Bertz CT molecular complexity index is 1700. The van der Waals surface area contributed by atoms with E-state index < -0.39 is 41.6 Å². The minimum absolute atomic E-state index is 0.00400. The highest BCUT2D eigenvalue weighted by Crippen LogP contribution is 2.37. The number of carbonyl (C=O) groups is 5. The molecule has 2 atom stereocenters. The number of anilines is 2. The number of para-hydroxylation sites is 2. The number of carboxylic acid groups (broad SMARTS) is 1. The first-order valence-electron chi connectivity index (χ1n) is 15.2. The van der Waals surface area contributed by atoms with E-state index in [4.69, 9.17) is 15.2 Å². The van der Waals surface area contributed by atoms with Crippen molar-refractivity contribution in [2.24, 2.45) is 5.73 Å². The number of fused-ring (bicyclic) bond motifs is 2. The number of likely N-dealkylation sites (N-methyl/N-ethyl adjacent to an activating group) is 1. The van der Waals surface area contributed by atoms with Gasteiger partial charge in [0.1, 0.15) is 23.4 Å². The molecule has 3 aromatic rings. The quantitative estimate of drug-likeness (QED) is 0.314. The molecule has 250 valence electrons. The van der Waals surface area contributed by atoms with E-state index >= 15 is 0 Å². The van der Waals surface area contributed by atoms with E-state index in [2.05, 4.69) is 5.32 Å². The fraction of sp³-hybridized carbons (Fsp3) is 0.382. The summed E-state index contributed by atoms with van der Waals surface area (Å²) >= 11 is 0. The SMILES string of the molecule is COc1ccc2cc(C(=O)O)ccc2c1CN1C(=O)[C@@H](NC(=O)C(C)N(C)C(=O)OC(C)(C)C)CN(C(=O)CCN)c2ccccc21. The van der Waals surface area contributed by atoms with Crippen molar-refractivity contribution in [1.82, 2.24) is 10.2 Å². The molecule has 0 fully saturated rings. The van der Waals surface area contributed by atoms with Crippen molar-refractivity contribution < 1.29 is 38.6 Å². The Morgan fingerprint density at radius 2 is 1.77 bits per heavy atom. The van der Waals surface area contributed by atoms with Gasteiger partial charge in [0.2, 0.25) is 11.8 Å². The molecule has 1 aliphatic rings. The van der Waals surface area contributed by atoms with Crippen LogP contribution in [0.4, 0.5) is 16.2 Å². The lowest BCUT2D eigenvalue weighted by atomic mass is 10.00. The Kier molecular flexibility index (Phi) is 10.4. The number of amides is 4. The molecule has 0 spiro atoms. The van der Waals surface area contributed by atoms with Gasteiger partial charge in [-0.05, 0) is 68.8 Å². The molecular weight excluding hydrogens is 606 g/mol. The first-order chi connectivity index (χ1) is 22.2. The first-order valence-corrected chi connectivity index (χ1v) is 15.2. The monoisotopic (exact) mass is 647 g/mol. The second kappa shape index (κ2) is 14.1. The maximum Gasteiger partial charge on any atom is 0.410 e. The summed E-state index contributed by atoms with van der Waals surface area (Å²) in [6.45, 7) is 6.50. The van der Waals surface area contributed by atoms with Crippen molar-refractivity contribution in [2.45, 2.75) is 58.3 Å². The fourth-order valence-electron chi connectivity index (χ4n) is 5.33. The van der Waals surface area contributed by atoms with Gasteiger partial charge in [-0.3, -0.25) is 19.3 Å². The third-order valence-corrected chi connectivity index (χ3v) is 7.88. The molecule has 4 amide bonds. The van der Waals surface area contributed by atoms with Crippen LogP contribution in [0.1, 0.15) is 50.0 Å². The number of hydrogen-bond acceptors (Lipinski definition) is 8. The van der Waals surface area contributed by atoms with Crippen LogP contribution in [0.3, 0.4) is 0 Å². The number of rotatable bonds is 9. The summed E-state index contributed by atoms with van der Waals surface area (Å²) in [4.78, 5) is 69.9. The molecule has 13 nitrogen and oxygen atoms in total. The van der Waals surface area contributed by atoms with Gasteiger partial charge in [0, 0.05) is 25.6 Å². The predicted octanol–water partition coefficient (Wildman–Crippen LogP) is 3.52. The highest BCUT2D eigenvalue weighted by Gasteiger charge is 2.38. The van der Waals surface area contributed by atoms with Crippen molar-refractivity contribution in [3.05, 3.63) is 65.7 Å². The highest BCUT2D eigenvalue weighted by molar-refractivity contribution is 6.09. The minimum Gasteiger partial charge on any atom is -0.496 e. The van der Waals surface area contributed by atoms with E-state index in [1.165, 1.54) is 43.0 Å².